The van der Waals surface area contributed by atoms with Crippen LogP contribution in [0, 0.1) is 25.7 Å². The zero-order valence-electron chi connectivity index (χ0n) is 19.8. The third-order valence-electron chi connectivity index (χ3n) is 6.39. The van der Waals surface area contributed by atoms with E-state index >= 15 is 0 Å². The summed E-state index contributed by atoms with van der Waals surface area (Å²) in [5.41, 5.74) is 3.56. The Balaban J connectivity index is 1.91. The summed E-state index contributed by atoms with van der Waals surface area (Å²) in [5.74, 6) is 1.42. The molecule has 4 rings (SSSR count). The third-order valence-corrected chi connectivity index (χ3v) is 6.39. The Labute approximate surface area is 190 Å². The van der Waals surface area contributed by atoms with Gasteiger partial charge in [-0.1, -0.05) is 43.7 Å². The Morgan fingerprint density at radius 1 is 1.12 bits per heavy atom. The maximum Gasteiger partial charge on any atom is 0.266 e. The number of carbonyl (C=O) groups excluding carboxylic acids is 1. The number of hydrogen-bond donors (Lipinski definition) is 0. The van der Waals surface area contributed by atoms with Crippen molar-refractivity contribution in [2.24, 2.45) is 11.8 Å². The van der Waals surface area contributed by atoms with Crippen LogP contribution < -0.4 is 5.56 Å². The fraction of sp³-hybridized carbons (Fsp3) is 0.444. The zero-order valence-corrected chi connectivity index (χ0v) is 19.8. The van der Waals surface area contributed by atoms with Crippen molar-refractivity contribution in [2.75, 3.05) is 6.54 Å². The highest BCUT2D eigenvalue weighted by Gasteiger charge is 2.37. The first-order valence-electron chi connectivity index (χ1n) is 11.7. The number of amides is 1. The topological polar surface area (TPSA) is 55.2 Å². The van der Waals surface area contributed by atoms with Crippen LogP contribution >= 0.6 is 0 Å². The van der Waals surface area contributed by atoms with E-state index in [2.05, 4.69) is 19.9 Å². The molecule has 3 aromatic rings. The lowest BCUT2D eigenvalue weighted by molar-refractivity contribution is -0.135. The molecule has 1 aliphatic carbocycles. The number of carbonyl (C=O) groups is 1. The first-order chi connectivity index (χ1) is 15.3. The summed E-state index contributed by atoms with van der Waals surface area (Å²) in [6.45, 7) is 11.1. The molecule has 32 heavy (non-hydrogen) atoms. The van der Waals surface area contributed by atoms with Crippen molar-refractivity contribution in [3.05, 3.63) is 69.8 Å². The van der Waals surface area contributed by atoms with Gasteiger partial charge in [-0.15, -0.1) is 0 Å². The van der Waals surface area contributed by atoms with Gasteiger partial charge in [0.1, 0.15) is 5.82 Å². The van der Waals surface area contributed by atoms with Gasteiger partial charge in [-0.25, -0.2) is 4.98 Å². The van der Waals surface area contributed by atoms with Crippen LogP contribution in [-0.2, 0) is 4.79 Å². The zero-order chi connectivity index (χ0) is 23.0. The normalized spacial score (nSPS) is 14.7. The van der Waals surface area contributed by atoms with Gasteiger partial charge in [0.2, 0.25) is 5.91 Å². The second-order valence-electron chi connectivity index (χ2n) is 9.58. The van der Waals surface area contributed by atoms with Gasteiger partial charge in [0, 0.05) is 12.5 Å². The number of aryl methyl sites for hydroxylation is 2. The predicted octanol–water partition coefficient (Wildman–Crippen LogP) is 5.35. The fourth-order valence-corrected chi connectivity index (χ4v) is 4.32. The second kappa shape index (κ2) is 8.89. The number of rotatable bonds is 7. The van der Waals surface area contributed by atoms with Gasteiger partial charge in [0.05, 0.1) is 22.6 Å². The van der Waals surface area contributed by atoms with Gasteiger partial charge in [0.15, 0.2) is 0 Å². The van der Waals surface area contributed by atoms with Crippen LogP contribution in [-0.4, -0.2) is 26.9 Å². The minimum absolute atomic E-state index is 0.0907. The lowest BCUT2D eigenvalue weighted by Gasteiger charge is -2.31. The molecule has 1 aliphatic rings. The van der Waals surface area contributed by atoms with Crippen molar-refractivity contribution in [3.8, 4) is 5.69 Å². The standard InChI is InChI=1S/C27H33N3O2/c1-17(2)14-15-29(26(31)21-11-12-21)20(5)25-28-23-9-7-6-8-22(23)27(32)30(25)24-13-10-18(3)16-19(24)4/h6-10,13,16-17,20-21H,11-12,14-15H2,1-5H3/t20-/m0/s1. The molecule has 0 N–H and O–H groups in total. The second-order valence-corrected chi connectivity index (χ2v) is 9.58. The minimum Gasteiger partial charge on any atom is -0.333 e. The first kappa shape index (κ1) is 22.3. The summed E-state index contributed by atoms with van der Waals surface area (Å²) >= 11 is 0. The molecule has 1 saturated carbocycles. The van der Waals surface area contributed by atoms with E-state index < -0.39 is 0 Å². The summed E-state index contributed by atoms with van der Waals surface area (Å²) in [6.07, 6.45) is 2.84. The van der Waals surface area contributed by atoms with E-state index in [1.807, 2.05) is 62.1 Å². The Bertz CT molecular complexity index is 1210. The molecule has 1 heterocycles. The van der Waals surface area contributed by atoms with Gasteiger partial charge in [0.25, 0.3) is 5.56 Å². The smallest absolute Gasteiger partial charge is 0.266 e. The molecule has 0 radical (unpaired) electrons. The lowest BCUT2D eigenvalue weighted by atomic mass is 10.1. The Kier molecular flexibility index (Phi) is 6.18. The van der Waals surface area contributed by atoms with E-state index in [9.17, 15) is 9.59 Å². The largest absolute Gasteiger partial charge is 0.333 e. The van der Waals surface area contributed by atoms with Crippen LogP contribution in [0.4, 0.5) is 0 Å². The average Bonchev–Trinajstić information content (AvgIpc) is 3.59. The van der Waals surface area contributed by atoms with Crippen LogP contribution in [0.5, 0.6) is 0 Å². The monoisotopic (exact) mass is 431 g/mol. The Hall–Kier alpha value is -2.95. The molecule has 1 atom stereocenters. The lowest BCUT2D eigenvalue weighted by Crippen LogP contribution is -2.39. The molecule has 1 aromatic heterocycles. The van der Waals surface area contributed by atoms with E-state index in [1.54, 1.807) is 4.57 Å². The Morgan fingerprint density at radius 3 is 2.50 bits per heavy atom. The van der Waals surface area contributed by atoms with E-state index in [1.165, 1.54) is 0 Å². The van der Waals surface area contributed by atoms with Crippen LogP contribution in [0.15, 0.2) is 47.3 Å². The molecule has 0 bridgehead atoms. The SMILES string of the molecule is Cc1ccc(-n2c([C@H](C)N(CCC(C)C)C(=O)C3CC3)nc3ccccc3c2=O)c(C)c1. The number of nitrogens with zero attached hydrogens (tertiary/aromatic N) is 3. The van der Waals surface area contributed by atoms with Gasteiger partial charge in [-0.2, -0.15) is 0 Å². The predicted molar refractivity (Wildman–Crippen MR) is 129 cm³/mol. The first-order valence-corrected chi connectivity index (χ1v) is 11.7. The summed E-state index contributed by atoms with van der Waals surface area (Å²) in [5, 5.41) is 0.589. The molecule has 0 unspecified atom stereocenters. The van der Waals surface area contributed by atoms with E-state index in [-0.39, 0.29) is 23.4 Å². The third kappa shape index (κ3) is 4.34. The Morgan fingerprint density at radius 2 is 1.84 bits per heavy atom. The molecule has 0 saturated heterocycles. The average molecular weight is 432 g/mol. The molecule has 5 heteroatoms. The molecule has 0 spiro atoms. The van der Waals surface area contributed by atoms with Crippen molar-refractivity contribution in [2.45, 2.75) is 59.9 Å². The number of aromatic nitrogens is 2. The molecular weight excluding hydrogens is 398 g/mol. The number of para-hydroxylation sites is 1. The van der Waals surface area contributed by atoms with Crippen molar-refractivity contribution < 1.29 is 4.79 Å². The minimum atomic E-state index is -0.306. The molecule has 1 fully saturated rings. The van der Waals surface area contributed by atoms with E-state index in [0.717, 1.165) is 36.1 Å². The van der Waals surface area contributed by atoms with Crippen LogP contribution in [0.1, 0.15) is 63.0 Å². The maximum atomic E-state index is 13.7. The highest BCUT2D eigenvalue weighted by molar-refractivity contribution is 5.82. The van der Waals surface area contributed by atoms with E-state index in [0.29, 0.717) is 29.2 Å². The number of fused-ring (bicyclic) bond motifs is 1. The van der Waals surface area contributed by atoms with Crippen molar-refractivity contribution in [1.29, 1.82) is 0 Å². The summed E-state index contributed by atoms with van der Waals surface area (Å²) < 4.78 is 1.73. The fourth-order valence-electron chi connectivity index (χ4n) is 4.32. The van der Waals surface area contributed by atoms with Crippen molar-refractivity contribution in [3.63, 3.8) is 0 Å². The summed E-state index contributed by atoms with van der Waals surface area (Å²) in [4.78, 5) is 33.9. The van der Waals surface area contributed by atoms with Crippen LogP contribution in [0.3, 0.4) is 0 Å². The van der Waals surface area contributed by atoms with Crippen LogP contribution in [0.2, 0.25) is 0 Å². The summed E-state index contributed by atoms with van der Waals surface area (Å²) in [7, 11) is 0. The van der Waals surface area contributed by atoms with E-state index in [4.69, 9.17) is 4.98 Å². The number of benzene rings is 2. The maximum absolute atomic E-state index is 13.7. The van der Waals surface area contributed by atoms with Gasteiger partial charge >= 0.3 is 0 Å². The van der Waals surface area contributed by atoms with Crippen molar-refractivity contribution >= 4 is 16.8 Å². The number of hydrogen-bond acceptors (Lipinski definition) is 3. The quantitative estimate of drug-likeness (QED) is 0.507. The molecule has 0 aliphatic heterocycles. The molecular formula is C27H33N3O2. The highest BCUT2D eigenvalue weighted by atomic mass is 16.2. The highest BCUT2D eigenvalue weighted by Crippen LogP contribution is 2.34. The van der Waals surface area contributed by atoms with Gasteiger partial charge < -0.3 is 4.90 Å². The van der Waals surface area contributed by atoms with Gasteiger partial charge in [-0.3, -0.25) is 14.2 Å². The van der Waals surface area contributed by atoms with Crippen molar-refractivity contribution in [1.82, 2.24) is 14.5 Å². The van der Waals surface area contributed by atoms with Gasteiger partial charge in [-0.05, 0) is 69.7 Å². The summed E-state index contributed by atoms with van der Waals surface area (Å²) in [6, 6.07) is 13.2. The van der Waals surface area contributed by atoms with Crippen LogP contribution in [0.25, 0.3) is 16.6 Å². The molecule has 5 nitrogen and oxygen atoms in total. The molecule has 2 aromatic carbocycles. The molecule has 1 amide bonds. The molecule has 168 valence electrons.